The van der Waals surface area contributed by atoms with E-state index in [2.05, 4.69) is 17.4 Å². The first-order valence-electron chi connectivity index (χ1n) is 9.32. The number of likely N-dealkylation sites (tertiary alicyclic amines) is 1. The Balaban J connectivity index is 1.51. The number of hydrogen-bond donors (Lipinski definition) is 2. The highest BCUT2D eigenvalue weighted by atomic mass is 16.4. The molecule has 3 aliphatic rings. The molecule has 1 spiro atoms. The highest BCUT2D eigenvalue weighted by Gasteiger charge is 2.58. The van der Waals surface area contributed by atoms with E-state index in [1.807, 2.05) is 12.1 Å². The maximum Gasteiger partial charge on any atom is 0.322 e. The molecule has 1 heterocycles. The van der Waals surface area contributed by atoms with Gasteiger partial charge in [-0.25, -0.2) is 0 Å². The van der Waals surface area contributed by atoms with Crippen molar-refractivity contribution < 1.29 is 24.3 Å². The van der Waals surface area contributed by atoms with Crippen LogP contribution in [0.3, 0.4) is 0 Å². The number of carbonyl (C=O) groups is 4. The van der Waals surface area contributed by atoms with Gasteiger partial charge in [0, 0.05) is 13.0 Å². The highest BCUT2D eigenvalue weighted by molar-refractivity contribution is 6.20. The molecule has 0 aromatic heterocycles. The zero-order chi connectivity index (χ0) is 19.2. The smallest absolute Gasteiger partial charge is 0.322 e. The quantitative estimate of drug-likeness (QED) is 0.733. The van der Waals surface area contributed by atoms with Gasteiger partial charge in [0.2, 0.25) is 11.8 Å². The Morgan fingerprint density at radius 1 is 1.15 bits per heavy atom. The summed E-state index contributed by atoms with van der Waals surface area (Å²) in [6.07, 6.45) is 4.12. The molecule has 2 aliphatic carbocycles. The third-order valence-corrected chi connectivity index (χ3v) is 5.78. The van der Waals surface area contributed by atoms with Crippen molar-refractivity contribution in [3.8, 4) is 0 Å². The van der Waals surface area contributed by atoms with Gasteiger partial charge in [0.15, 0.2) is 11.7 Å². The number of benzene rings is 1. The lowest BCUT2D eigenvalue weighted by Gasteiger charge is -2.38. The molecule has 27 heavy (non-hydrogen) atoms. The zero-order valence-electron chi connectivity index (χ0n) is 14.9. The number of Topliss-reactive ketones (excluding diaryl/α,β-unsaturated/α-hetero) is 1. The zero-order valence-corrected chi connectivity index (χ0v) is 14.9. The molecule has 1 aliphatic heterocycles. The molecule has 1 aromatic rings. The van der Waals surface area contributed by atoms with Crippen LogP contribution in [0, 0.1) is 5.92 Å². The van der Waals surface area contributed by atoms with Crippen molar-refractivity contribution in [1.82, 2.24) is 10.2 Å². The molecule has 1 atom stereocenters. The topological polar surface area (TPSA) is 104 Å². The monoisotopic (exact) mass is 370 g/mol. The Morgan fingerprint density at radius 2 is 1.81 bits per heavy atom. The van der Waals surface area contributed by atoms with Gasteiger partial charge in [-0.3, -0.25) is 19.2 Å². The normalized spacial score (nSPS) is 23.4. The molecule has 7 nitrogen and oxygen atoms in total. The fourth-order valence-corrected chi connectivity index (χ4v) is 3.90. The number of piperidine rings is 1. The van der Waals surface area contributed by atoms with Crippen LogP contribution in [-0.4, -0.2) is 45.7 Å². The first kappa shape index (κ1) is 17.7. The van der Waals surface area contributed by atoms with Crippen molar-refractivity contribution >= 4 is 23.6 Å². The van der Waals surface area contributed by atoms with Crippen LogP contribution >= 0.6 is 0 Å². The highest BCUT2D eigenvalue weighted by Crippen LogP contribution is 2.49. The van der Waals surface area contributed by atoms with Crippen molar-refractivity contribution in [2.45, 2.75) is 50.1 Å². The van der Waals surface area contributed by atoms with E-state index in [1.165, 1.54) is 18.4 Å². The van der Waals surface area contributed by atoms with Crippen LogP contribution in [0.1, 0.15) is 49.1 Å². The van der Waals surface area contributed by atoms with Crippen molar-refractivity contribution in [3.05, 3.63) is 35.4 Å². The third kappa shape index (κ3) is 3.46. The summed E-state index contributed by atoms with van der Waals surface area (Å²) in [5.74, 6) is -3.76. The van der Waals surface area contributed by atoms with Crippen LogP contribution in [0.4, 0.5) is 0 Å². The Labute approximate surface area is 156 Å². The summed E-state index contributed by atoms with van der Waals surface area (Å²) in [5.41, 5.74) is 1.82. The first-order chi connectivity index (χ1) is 12.9. The molecule has 1 unspecified atom stereocenters. The lowest BCUT2D eigenvalue weighted by atomic mass is 9.87. The molecule has 7 heteroatoms. The van der Waals surface area contributed by atoms with Gasteiger partial charge in [0.25, 0.3) is 0 Å². The van der Waals surface area contributed by atoms with Crippen LogP contribution in [0.25, 0.3) is 0 Å². The SMILES string of the molecule is O=C(O)CNC(=O)C1C(=O)CC2(CC2)N(Cc2ccc(C3CC3)cc2)C1=O. The lowest BCUT2D eigenvalue weighted by molar-refractivity contribution is -0.156. The molecular formula is C20H22N2O5. The van der Waals surface area contributed by atoms with Gasteiger partial charge >= 0.3 is 5.97 Å². The Bertz CT molecular complexity index is 808. The van der Waals surface area contributed by atoms with Gasteiger partial charge in [-0.2, -0.15) is 0 Å². The minimum absolute atomic E-state index is 0.157. The van der Waals surface area contributed by atoms with E-state index in [9.17, 15) is 19.2 Å². The molecule has 4 rings (SSSR count). The van der Waals surface area contributed by atoms with Gasteiger partial charge in [-0.15, -0.1) is 0 Å². The number of carbonyl (C=O) groups excluding carboxylic acids is 3. The van der Waals surface area contributed by atoms with Crippen LogP contribution in [0.5, 0.6) is 0 Å². The van der Waals surface area contributed by atoms with E-state index >= 15 is 0 Å². The van der Waals surface area contributed by atoms with Crippen LogP contribution in [0.2, 0.25) is 0 Å². The Morgan fingerprint density at radius 3 is 2.37 bits per heavy atom. The number of amides is 2. The van der Waals surface area contributed by atoms with Gasteiger partial charge in [0.05, 0.1) is 5.54 Å². The van der Waals surface area contributed by atoms with Crippen LogP contribution in [0.15, 0.2) is 24.3 Å². The van der Waals surface area contributed by atoms with E-state index in [1.54, 1.807) is 4.90 Å². The summed E-state index contributed by atoms with van der Waals surface area (Å²) in [6, 6.07) is 8.19. The van der Waals surface area contributed by atoms with Crippen molar-refractivity contribution in [1.29, 1.82) is 0 Å². The predicted octanol–water partition coefficient (Wildman–Crippen LogP) is 1.21. The number of carboxylic acids is 1. The van der Waals surface area contributed by atoms with E-state index in [-0.39, 0.29) is 6.42 Å². The number of nitrogens with one attached hydrogen (secondary N) is 1. The van der Waals surface area contributed by atoms with Gasteiger partial charge < -0.3 is 15.3 Å². The van der Waals surface area contributed by atoms with Crippen molar-refractivity contribution in [2.75, 3.05) is 6.54 Å². The summed E-state index contributed by atoms with van der Waals surface area (Å²) < 4.78 is 0. The summed E-state index contributed by atoms with van der Waals surface area (Å²) >= 11 is 0. The molecular weight excluding hydrogens is 348 g/mol. The minimum Gasteiger partial charge on any atom is -0.480 e. The largest absolute Gasteiger partial charge is 0.480 e. The average Bonchev–Trinajstić information content (AvgIpc) is 3.53. The summed E-state index contributed by atoms with van der Waals surface area (Å²) in [7, 11) is 0. The standard InChI is InChI=1S/C20H22N2O5/c23-15-9-20(7-8-20)22(19(27)17(15)18(26)21-10-16(24)25)11-12-1-3-13(4-2-12)14-5-6-14/h1-4,14,17H,5-11H2,(H,21,26)(H,24,25). The van der Waals surface area contributed by atoms with Gasteiger partial charge in [-0.1, -0.05) is 24.3 Å². The number of aliphatic carboxylic acids is 1. The van der Waals surface area contributed by atoms with E-state index < -0.39 is 41.6 Å². The molecule has 3 fully saturated rings. The number of ketones is 1. The van der Waals surface area contributed by atoms with E-state index in [0.29, 0.717) is 12.5 Å². The van der Waals surface area contributed by atoms with Crippen LogP contribution < -0.4 is 5.32 Å². The molecule has 2 amide bonds. The van der Waals surface area contributed by atoms with E-state index in [4.69, 9.17) is 5.11 Å². The predicted molar refractivity (Wildman–Crippen MR) is 94.7 cm³/mol. The second kappa shape index (κ2) is 6.48. The molecule has 2 saturated carbocycles. The van der Waals surface area contributed by atoms with Gasteiger partial charge in [-0.05, 0) is 42.7 Å². The third-order valence-electron chi connectivity index (χ3n) is 5.78. The Kier molecular flexibility index (Phi) is 4.25. The van der Waals surface area contributed by atoms with Crippen molar-refractivity contribution in [3.63, 3.8) is 0 Å². The molecule has 2 N–H and O–H groups in total. The summed E-state index contributed by atoms with van der Waals surface area (Å²) in [4.78, 5) is 49.9. The fraction of sp³-hybridized carbons (Fsp3) is 0.500. The second-order valence-corrected chi connectivity index (χ2v) is 7.85. The first-order valence-corrected chi connectivity index (χ1v) is 9.32. The molecule has 1 saturated heterocycles. The number of rotatable bonds is 6. The van der Waals surface area contributed by atoms with Crippen molar-refractivity contribution in [2.24, 2.45) is 5.92 Å². The van der Waals surface area contributed by atoms with Gasteiger partial charge in [0.1, 0.15) is 6.54 Å². The lowest BCUT2D eigenvalue weighted by Crippen LogP contribution is -2.57. The van der Waals surface area contributed by atoms with E-state index in [0.717, 1.165) is 18.4 Å². The Hall–Kier alpha value is -2.70. The van der Waals surface area contributed by atoms with Crippen LogP contribution in [-0.2, 0) is 25.7 Å². The fourth-order valence-electron chi connectivity index (χ4n) is 3.90. The minimum atomic E-state index is -1.44. The molecule has 0 radical (unpaired) electrons. The number of hydrogen-bond acceptors (Lipinski definition) is 4. The molecule has 1 aromatic carbocycles. The molecule has 0 bridgehead atoms. The maximum absolute atomic E-state index is 13.0. The summed E-state index contributed by atoms with van der Waals surface area (Å²) in [6.45, 7) is -0.247. The second-order valence-electron chi connectivity index (χ2n) is 7.85. The number of carboxylic acid groups (broad SMARTS) is 1. The maximum atomic E-state index is 13.0. The molecule has 142 valence electrons. The summed E-state index contributed by atoms with van der Waals surface area (Å²) in [5, 5.41) is 10.9. The average molecular weight is 370 g/mol. The number of nitrogens with zero attached hydrogens (tertiary/aromatic N) is 1.